The van der Waals surface area contributed by atoms with Gasteiger partial charge in [-0.3, -0.25) is 19.8 Å². The molecule has 0 saturated carbocycles. The molecule has 0 atom stereocenters. The number of likely N-dealkylation sites (tertiary alicyclic amines) is 1. The fourth-order valence-corrected chi connectivity index (χ4v) is 3.99. The van der Waals surface area contributed by atoms with Gasteiger partial charge >= 0.3 is 0 Å². The van der Waals surface area contributed by atoms with E-state index in [-0.39, 0.29) is 16.6 Å². The second kappa shape index (κ2) is 9.13. The minimum Gasteiger partial charge on any atom is -0.497 e. The van der Waals surface area contributed by atoms with Crippen molar-refractivity contribution in [3.8, 4) is 5.75 Å². The van der Waals surface area contributed by atoms with Gasteiger partial charge in [0.25, 0.3) is 11.2 Å². The molecule has 2 aromatic carbocycles. The Labute approximate surface area is 179 Å². The van der Waals surface area contributed by atoms with Gasteiger partial charge in [0.15, 0.2) is 0 Å². The van der Waals surface area contributed by atoms with Gasteiger partial charge in [0, 0.05) is 19.2 Å². The lowest BCUT2D eigenvalue weighted by molar-refractivity contribution is -0.383. The standard InChI is InChI=1S/C22H25N5O4/c1-31-17-4-2-16(3-5-17)13-26-8-6-15(7-9-26)12-23-20-11-19-18(10-21(20)27(29)30)22(28)25-14-24-19/h2-5,10-11,14-15,23H,6-9,12-13H2,1H3,(H,24,25,28). The van der Waals surface area contributed by atoms with Gasteiger partial charge in [0.2, 0.25) is 0 Å². The van der Waals surface area contributed by atoms with Crippen LogP contribution in [0.5, 0.6) is 5.75 Å². The molecule has 31 heavy (non-hydrogen) atoms. The summed E-state index contributed by atoms with van der Waals surface area (Å²) in [7, 11) is 1.66. The molecule has 0 aliphatic carbocycles. The second-order valence-electron chi connectivity index (χ2n) is 7.82. The predicted molar refractivity (Wildman–Crippen MR) is 119 cm³/mol. The summed E-state index contributed by atoms with van der Waals surface area (Å²) < 4.78 is 5.21. The normalized spacial score (nSPS) is 15.1. The summed E-state index contributed by atoms with van der Waals surface area (Å²) in [5.74, 6) is 1.28. The number of aromatic amines is 1. The van der Waals surface area contributed by atoms with E-state index in [1.807, 2.05) is 12.1 Å². The van der Waals surface area contributed by atoms with Crippen LogP contribution in [0.25, 0.3) is 10.9 Å². The molecule has 1 aliphatic heterocycles. The molecule has 3 aromatic rings. The number of nitrogens with one attached hydrogen (secondary N) is 2. The van der Waals surface area contributed by atoms with E-state index in [9.17, 15) is 14.9 Å². The van der Waals surface area contributed by atoms with E-state index in [0.717, 1.165) is 38.2 Å². The second-order valence-corrected chi connectivity index (χ2v) is 7.82. The van der Waals surface area contributed by atoms with Gasteiger partial charge in [-0.15, -0.1) is 0 Å². The maximum Gasteiger partial charge on any atom is 0.293 e. The number of anilines is 1. The molecule has 0 bridgehead atoms. The summed E-state index contributed by atoms with van der Waals surface area (Å²) in [5.41, 5.74) is 1.60. The Morgan fingerprint density at radius 3 is 2.68 bits per heavy atom. The quantitative estimate of drug-likeness (QED) is 0.443. The third-order valence-corrected chi connectivity index (χ3v) is 5.81. The van der Waals surface area contributed by atoms with Crippen molar-refractivity contribution in [2.45, 2.75) is 19.4 Å². The third kappa shape index (κ3) is 4.83. The average Bonchev–Trinajstić information content (AvgIpc) is 2.79. The molecular weight excluding hydrogens is 398 g/mol. The van der Waals surface area contributed by atoms with Gasteiger partial charge in [0.1, 0.15) is 11.4 Å². The van der Waals surface area contributed by atoms with Gasteiger partial charge in [0.05, 0.1) is 29.3 Å². The smallest absolute Gasteiger partial charge is 0.293 e. The molecule has 0 amide bonds. The molecule has 1 fully saturated rings. The first-order valence-electron chi connectivity index (χ1n) is 10.3. The number of nitro benzene ring substituents is 1. The molecule has 1 saturated heterocycles. The van der Waals surface area contributed by atoms with Crippen LogP contribution in [0.1, 0.15) is 18.4 Å². The Bertz CT molecular complexity index is 1120. The van der Waals surface area contributed by atoms with Crippen LogP contribution in [0.4, 0.5) is 11.4 Å². The van der Waals surface area contributed by atoms with E-state index < -0.39 is 4.92 Å². The zero-order valence-corrected chi connectivity index (χ0v) is 17.3. The summed E-state index contributed by atoms with van der Waals surface area (Å²) in [5, 5.41) is 14.9. The highest BCUT2D eigenvalue weighted by atomic mass is 16.6. The Hall–Kier alpha value is -3.46. The van der Waals surface area contributed by atoms with Crippen LogP contribution in [-0.4, -0.2) is 46.5 Å². The molecule has 2 heterocycles. The van der Waals surface area contributed by atoms with Crippen LogP contribution in [0, 0.1) is 16.0 Å². The highest BCUT2D eigenvalue weighted by Gasteiger charge is 2.22. The van der Waals surface area contributed by atoms with Crippen LogP contribution in [0.3, 0.4) is 0 Å². The molecule has 0 unspecified atom stereocenters. The van der Waals surface area contributed by atoms with Crippen molar-refractivity contribution in [1.82, 2.24) is 14.9 Å². The number of hydrogen-bond acceptors (Lipinski definition) is 7. The van der Waals surface area contributed by atoms with Gasteiger partial charge < -0.3 is 15.0 Å². The maximum absolute atomic E-state index is 11.9. The molecule has 4 rings (SSSR count). The lowest BCUT2D eigenvalue weighted by Gasteiger charge is -2.32. The molecule has 0 radical (unpaired) electrons. The number of benzene rings is 2. The number of H-pyrrole nitrogens is 1. The van der Waals surface area contributed by atoms with E-state index in [2.05, 4.69) is 32.3 Å². The predicted octanol–water partition coefficient (Wildman–Crippen LogP) is 3.16. The minimum atomic E-state index is -0.467. The highest BCUT2D eigenvalue weighted by Crippen LogP contribution is 2.29. The van der Waals surface area contributed by atoms with E-state index in [0.29, 0.717) is 23.7 Å². The summed E-state index contributed by atoms with van der Waals surface area (Å²) in [6, 6.07) is 11.0. The summed E-state index contributed by atoms with van der Waals surface area (Å²) in [4.78, 5) is 32.0. The van der Waals surface area contributed by atoms with Gasteiger partial charge in [-0.1, -0.05) is 12.1 Å². The lowest BCUT2D eigenvalue weighted by Crippen LogP contribution is -2.35. The van der Waals surface area contributed by atoms with Crippen LogP contribution in [-0.2, 0) is 6.54 Å². The number of fused-ring (bicyclic) bond motifs is 1. The number of methoxy groups -OCH3 is 1. The summed E-state index contributed by atoms with van der Waals surface area (Å²) >= 11 is 0. The van der Waals surface area contributed by atoms with Crippen molar-refractivity contribution in [3.63, 3.8) is 0 Å². The lowest BCUT2D eigenvalue weighted by atomic mass is 9.96. The number of nitrogens with zero attached hydrogens (tertiary/aromatic N) is 3. The minimum absolute atomic E-state index is 0.108. The average molecular weight is 423 g/mol. The van der Waals surface area contributed by atoms with Gasteiger partial charge in [-0.05, 0) is 55.6 Å². The molecule has 2 N–H and O–H groups in total. The Kier molecular flexibility index (Phi) is 6.13. The van der Waals surface area contributed by atoms with E-state index in [4.69, 9.17) is 4.74 Å². The first-order valence-corrected chi connectivity index (χ1v) is 10.3. The number of hydrogen-bond donors (Lipinski definition) is 2. The van der Waals surface area contributed by atoms with Crippen LogP contribution in [0.2, 0.25) is 0 Å². The van der Waals surface area contributed by atoms with Crippen molar-refractivity contribution in [3.05, 3.63) is 68.8 Å². The molecular formula is C22H25N5O4. The zero-order chi connectivity index (χ0) is 21.8. The van der Waals surface area contributed by atoms with Gasteiger partial charge in [-0.25, -0.2) is 4.98 Å². The van der Waals surface area contributed by atoms with Crippen LogP contribution in [0.15, 0.2) is 47.5 Å². The number of aromatic nitrogens is 2. The number of nitro groups is 1. The van der Waals surface area contributed by atoms with Crippen molar-refractivity contribution < 1.29 is 9.66 Å². The zero-order valence-electron chi connectivity index (χ0n) is 17.3. The monoisotopic (exact) mass is 423 g/mol. The Morgan fingerprint density at radius 2 is 2.00 bits per heavy atom. The van der Waals surface area contributed by atoms with Gasteiger partial charge in [-0.2, -0.15) is 0 Å². The van der Waals surface area contributed by atoms with Crippen LogP contribution >= 0.6 is 0 Å². The third-order valence-electron chi connectivity index (χ3n) is 5.81. The summed E-state index contributed by atoms with van der Waals surface area (Å²) in [6.45, 7) is 3.51. The fourth-order valence-electron chi connectivity index (χ4n) is 3.99. The largest absolute Gasteiger partial charge is 0.497 e. The van der Waals surface area contributed by atoms with E-state index in [1.165, 1.54) is 18.0 Å². The molecule has 1 aliphatic rings. The Balaban J connectivity index is 1.36. The molecule has 9 nitrogen and oxygen atoms in total. The van der Waals surface area contributed by atoms with Crippen molar-refractivity contribution in [2.75, 3.05) is 32.1 Å². The van der Waals surface area contributed by atoms with Crippen LogP contribution < -0.4 is 15.6 Å². The first-order chi connectivity index (χ1) is 15.0. The van der Waals surface area contributed by atoms with E-state index >= 15 is 0 Å². The Morgan fingerprint density at radius 1 is 1.26 bits per heavy atom. The highest BCUT2D eigenvalue weighted by molar-refractivity contribution is 5.86. The topological polar surface area (TPSA) is 113 Å². The number of piperidine rings is 1. The van der Waals surface area contributed by atoms with E-state index in [1.54, 1.807) is 13.2 Å². The molecule has 1 aromatic heterocycles. The molecule has 9 heteroatoms. The van der Waals surface area contributed by atoms with Crippen molar-refractivity contribution >= 4 is 22.3 Å². The number of rotatable bonds is 7. The maximum atomic E-state index is 11.9. The molecule has 0 spiro atoms. The van der Waals surface area contributed by atoms with Crippen molar-refractivity contribution in [1.29, 1.82) is 0 Å². The SMILES string of the molecule is COc1ccc(CN2CCC(CNc3cc4nc[nH]c(=O)c4cc3[N+](=O)[O-])CC2)cc1. The van der Waals surface area contributed by atoms with Crippen molar-refractivity contribution in [2.24, 2.45) is 5.92 Å². The fraction of sp³-hybridized carbons (Fsp3) is 0.364. The molecule has 162 valence electrons. The first kappa shape index (κ1) is 20.8. The summed E-state index contributed by atoms with van der Waals surface area (Å²) in [6.07, 6.45) is 3.34. The number of ether oxygens (including phenoxy) is 1.